The highest BCUT2D eigenvalue weighted by molar-refractivity contribution is 5.60. The van der Waals surface area contributed by atoms with E-state index in [0.717, 1.165) is 49.0 Å². The third kappa shape index (κ3) is 4.37. The van der Waals surface area contributed by atoms with E-state index in [1.54, 1.807) is 12.4 Å². The van der Waals surface area contributed by atoms with Gasteiger partial charge < -0.3 is 20.7 Å². The van der Waals surface area contributed by atoms with Crippen LogP contribution < -0.4 is 16.0 Å². The summed E-state index contributed by atoms with van der Waals surface area (Å²) in [4.78, 5) is 12.9. The van der Waals surface area contributed by atoms with Crippen molar-refractivity contribution < 1.29 is 4.74 Å². The van der Waals surface area contributed by atoms with Crippen LogP contribution in [0.4, 0.5) is 17.3 Å². The van der Waals surface area contributed by atoms with Gasteiger partial charge in [0.25, 0.3) is 0 Å². The van der Waals surface area contributed by atoms with Gasteiger partial charge in [0, 0.05) is 37.6 Å². The smallest absolute Gasteiger partial charge is 0.150 e. The number of morpholine rings is 1. The van der Waals surface area contributed by atoms with Gasteiger partial charge >= 0.3 is 0 Å². The number of pyridine rings is 1. The molecule has 122 valence electrons. The van der Waals surface area contributed by atoms with Crippen LogP contribution in [-0.2, 0) is 4.74 Å². The van der Waals surface area contributed by atoms with Gasteiger partial charge in [-0.05, 0) is 19.4 Å². The van der Waals surface area contributed by atoms with Crippen LogP contribution in [0.15, 0.2) is 24.7 Å². The standard InChI is InChI=1S/C16H22N6O/c1-11-6-20-15(22-16-10-18-12(2)7-21-16)5-14(11)19-9-13-8-17-3-4-23-13/h5-7,10,13,17H,3-4,8-9H2,1-2H3,(H2,19,20,21,22)/t13-/m0/s1. The molecule has 0 saturated carbocycles. The van der Waals surface area contributed by atoms with Crippen molar-refractivity contribution in [3.05, 3.63) is 35.9 Å². The summed E-state index contributed by atoms with van der Waals surface area (Å²) in [6.07, 6.45) is 5.46. The lowest BCUT2D eigenvalue weighted by molar-refractivity contribution is 0.0372. The molecule has 2 aromatic rings. The summed E-state index contributed by atoms with van der Waals surface area (Å²) in [5, 5.41) is 9.93. The summed E-state index contributed by atoms with van der Waals surface area (Å²) in [7, 11) is 0. The van der Waals surface area contributed by atoms with Gasteiger partial charge in [-0.3, -0.25) is 4.98 Å². The quantitative estimate of drug-likeness (QED) is 0.773. The van der Waals surface area contributed by atoms with Gasteiger partial charge in [0.15, 0.2) is 0 Å². The molecule has 2 aromatic heterocycles. The van der Waals surface area contributed by atoms with Crippen molar-refractivity contribution in [2.24, 2.45) is 0 Å². The minimum Gasteiger partial charge on any atom is -0.382 e. The van der Waals surface area contributed by atoms with Crippen LogP contribution in [0.3, 0.4) is 0 Å². The van der Waals surface area contributed by atoms with Crippen LogP contribution in [0, 0.1) is 13.8 Å². The molecule has 1 aliphatic rings. The van der Waals surface area contributed by atoms with Crippen LogP contribution in [-0.4, -0.2) is 47.3 Å². The Kier molecular flexibility index (Phi) is 4.99. The predicted octanol–water partition coefficient (Wildman–Crippen LogP) is 1.63. The number of hydrogen-bond donors (Lipinski definition) is 3. The number of ether oxygens (including phenoxy) is 1. The average molecular weight is 314 g/mol. The van der Waals surface area contributed by atoms with E-state index in [4.69, 9.17) is 4.74 Å². The lowest BCUT2D eigenvalue weighted by Gasteiger charge is -2.24. The maximum absolute atomic E-state index is 5.70. The van der Waals surface area contributed by atoms with Crippen molar-refractivity contribution >= 4 is 17.3 Å². The molecule has 3 rings (SSSR count). The van der Waals surface area contributed by atoms with Gasteiger partial charge in [0.05, 0.1) is 30.8 Å². The van der Waals surface area contributed by atoms with Crippen LogP contribution in [0.1, 0.15) is 11.3 Å². The van der Waals surface area contributed by atoms with E-state index in [0.29, 0.717) is 5.82 Å². The van der Waals surface area contributed by atoms with Gasteiger partial charge in [0.2, 0.25) is 0 Å². The molecule has 1 fully saturated rings. The lowest BCUT2D eigenvalue weighted by atomic mass is 10.2. The zero-order chi connectivity index (χ0) is 16.1. The minimum atomic E-state index is 0.190. The van der Waals surface area contributed by atoms with E-state index < -0.39 is 0 Å². The highest BCUT2D eigenvalue weighted by Gasteiger charge is 2.13. The SMILES string of the molecule is Cc1cnc(Nc2cc(NC[C@@H]3CNCCO3)c(C)cn2)cn1. The molecule has 0 radical (unpaired) electrons. The van der Waals surface area contributed by atoms with Gasteiger partial charge in [0.1, 0.15) is 11.6 Å². The average Bonchev–Trinajstić information content (AvgIpc) is 2.58. The first kappa shape index (κ1) is 15.6. The number of aromatic nitrogens is 3. The number of nitrogens with one attached hydrogen (secondary N) is 3. The van der Waals surface area contributed by atoms with E-state index in [-0.39, 0.29) is 6.10 Å². The zero-order valence-corrected chi connectivity index (χ0v) is 13.5. The molecule has 1 atom stereocenters. The van der Waals surface area contributed by atoms with Gasteiger partial charge in [-0.1, -0.05) is 0 Å². The van der Waals surface area contributed by atoms with Crippen LogP contribution >= 0.6 is 0 Å². The van der Waals surface area contributed by atoms with Crippen molar-refractivity contribution in [3.63, 3.8) is 0 Å². The summed E-state index contributed by atoms with van der Waals surface area (Å²) >= 11 is 0. The maximum Gasteiger partial charge on any atom is 0.150 e. The normalized spacial score (nSPS) is 17.7. The molecule has 0 unspecified atom stereocenters. The molecule has 0 amide bonds. The molecule has 0 aliphatic carbocycles. The van der Waals surface area contributed by atoms with Crippen molar-refractivity contribution in [3.8, 4) is 0 Å². The number of aryl methyl sites for hydroxylation is 2. The molecule has 0 spiro atoms. The topological polar surface area (TPSA) is 84.0 Å². The van der Waals surface area contributed by atoms with Gasteiger partial charge in [-0.25, -0.2) is 9.97 Å². The fraction of sp³-hybridized carbons (Fsp3) is 0.438. The molecule has 1 saturated heterocycles. The number of anilines is 3. The summed E-state index contributed by atoms with van der Waals surface area (Å²) in [5.74, 6) is 1.41. The van der Waals surface area contributed by atoms with Gasteiger partial charge in [-0.2, -0.15) is 0 Å². The van der Waals surface area contributed by atoms with E-state index in [9.17, 15) is 0 Å². The van der Waals surface area contributed by atoms with E-state index >= 15 is 0 Å². The number of nitrogens with zero attached hydrogens (tertiary/aromatic N) is 3. The minimum absolute atomic E-state index is 0.190. The molecular formula is C16H22N6O. The Morgan fingerprint density at radius 3 is 2.78 bits per heavy atom. The summed E-state index contributed by atoms with van der Waals surface area (Å²) in [6.45, 7) is 7.27. The predicted molar refractivity (Wildman–Crippen MR) is 90.1 cm³/mol. The fourth-order valence-electron chi connectivity index (χ4n) is 2.35. The Labute approximate surface area is 135 Å². The molecule has 3 N–H and O–H groups in total. The molecule has 7 heteroatoms. The van der Waals surface area contributed by atoms with Crippen LogP contribution in [0.5, 0.6) is 0 Å². The van der Waals surface area contributed by atoms with Crippen molar-refractivity contribution in [2.75, 3.05) is 36.9 Å². The third-order valence-corrected chi connectivity index (χ3v) is 3.66. The van der Waals surface area contributed by atoms with E-state index in [1.807, 2.05) is 26.1 Å². The first-order valence-corrected chi connectivity index (χ1v) is 7.79. The van der Waals surface area contributed by atoms with Crippen molar-refractivity contribution in [1.82, 2.24) is 20.3 Å². The third-order valence-electron chi connectivity index (χ3n) is 3.66. The monoisotopic (exact) mass is 314 g/mol. The van der Waals surface area contributed by atoms with Crippen molar-refractivity contribution in [1.29, 1.82) is 0 Å². The first-order chi connectivity index (χ1) is 11.2. The van der Waals surface area contributed by atoms with E-state index in [1.165, 1.54) is 0 Å². The molecule has 3 heterocycles. The summed E-state index contributed by atoms with van der Waals surface area (Å²) in [6, 6.07) is 1.98. The second kappa shape index (κ2) is 7.34. The summed E-state index contributed by atoms with van der Waals surface area (Å²) in [5.41, 5.74) is 3.02. The number of rotatable bonds is 5. The maximum atomic E-state index is 5.70. The van der Waals surface area contributed by atoms with E-state index in [2.05, 4.69) is 30.9 Å². The largest absolute Gasteiger partial charge is 0.382 e. The second-order valence-corrected chi connectivity index (χ2v) is 5.63. The zero-order valence-electron chi connectivity index (χ0n) is 13.5. The molecule has 0 aromatic carbocycles. The first-order valence-electron chi connectivity index (χ1n) is 7.79. The summed E-state index contributed by atoms with van der Waals surface area (Å²) < 4.78 is 5.70. The Morgan fingerprint density at radius 1 is 1.17 bits per heavy atom. The Morgan fingerprint density at radius 2 is 2.04 bits per heavy atom. The Bertz CT molecular complexity index is 640. The molecule has 0 bridgehead atoms. The number of hydrogen-bond acceptors (Lipinski definition) is 7. The molecular weight excluding hydrogens is 292 g/mol. The van der Waals surface area contributed by atoms with Gasteiger partial charge in [-0.15, -0.1) is 0 Å². The fourth-order valence-corrected chi connectivity index (χ4v) is 2.35. The lowest BCUT2D eigenvalue weighted by Crippen LogP contribution is -2.42. The highest BCUT2D eigenvalue weighted by Crippen LogP contribution is 2.20. The molecule has 23 heavy (non-hydrogen) atoms. The van der Waals surface area contributed by atoms with Crippen LogP contribution in [0.25, 0.3) is 0 Å². The van der Waals surface area contributed by atoms with Crippen LogP contribution in [0.2, 0.25) is 0 Å². The Balaban J connectivity index is 1.64. The van der Waals surface area contributed by atoms with Crippen molar-refractivity contribution in [2.45, 2.75) is 20.0 Å². The second-order valence-electron chi connectivity index (χ2n) is 5.63. The Hall–Kier alpha value is -2.25. The molecule has 1 aliphatic heterocycles. The molecule has 7 nitrogen and oxygen atoms in total. The highest BCUT2D eigenvalue weighted by atomic mass is 16.5.